The van der Waals surface area contributed by atoms with Crippen LogP contribution in [0.15, 0.2) is 30.3 Å². The van der Waals surface area contributed by atoms with Gasteiger partial charge in [0.15, 0.2) is 0 Å². The van der Waals surface area contributed by atoms with Crippen LogP contribution in [0.1, 0.15) is 31.2 Å². The smallest absolute Gasteiger partial charge is 0.0328 e. The molecule has 1 N–H and O–H groups in total. The third-order valence-corrected chi connectivity index (χ3v) is 6.54. The van der Waals surface area contributed by atoms with Gasteiger partial charge in [0.05, 0.1) is 0 Å². The standard InChI is InChI=1S/C15H18BrN/c16-14-10-6-12-8-15(7-10,9-13(14)17-12)11-4-2-1-3-5-11/h1-5,10,12-14,17H,6-9H2. The van der Waals surface area contributed by atoms with Gasteiger partial charge in [-0.3, -0.25) is 0 Å². The molecule has 0 aromatic heterocycles. The fraction of sp³-hybridized carbons (Fsp3) is 0.600. The summed E-state index contributed by atoms with van der Waals surface area (Å²) in [6.07, 6.45) is 5.44. The highest BCUT2D eigenvalue weighted by Gasteiger charge is 2.55. The lowest BCUT2D eigenvalue weighted by Crippen LogP contribution is -2.66. The first-order valence-electron chi connectivity index (χ1n) is 6.72. The summed E-state index contributed by atoms with van der Waals surface area (Å²) in [6.45, 7) is 0. The Morgan fingerprint density at radius 2 is 1.94 bits per heavy atom. The fourth-order valence-corrected chi connectivity index (χ4v) is 5.33. The molecule has 5 unspecified atom stereocenters. The molecule has 5 atom stereocenters. The summed E-state index contributed by atoms with van der Waals surface area (Å²) in [5.41, 5.74) is 2.07. The lowest BCUT2D eigenvalue weighted by Gasteiger charge is -2.59. The van der Waals surface area contributed by atoms with Gasteiger partial charge in [-0.15, -0.1) is 0 Å². The van der Waals surface area contributed by atoms with Crippen molar-refractivity contribution < 1.29 is 0 Å². The van der Waals surface area contributed by atoms with Gasteiger partial charge in [0.25, 0.3) is 0 Å². The van der Waals surface area contributed by atoms with E-state index in [9.17, 15) is 0 Å². The molecule has 4 bridgehead atoms. The zero-order valence-electron chi connectivity index (χ0n) is 9.90. The molecule has 2 saturated carbocycles. The number of piperidine rings is 2. The van der Waals surface area contributed by atoms with E-state index in [4.69, 9.17) is 0 Å². The highest BCUT2D eigenvalue weighted by atomic mass is 79.9. The molecule has 5 rings (SSSR count). The third-order valence-electron chi connectivity index (χ3n) is 5.16. The maximum atomic E-state index is 3.91. The number of hydrogen-bond acceptors (Lipinski definition) is 1. The molecule has 0 radical (unpaired) electrons. The van der Waals surface area contributed by atoms with Gasteiger partial charge in [0.1, 0.15) is 0 Å². The SMILES string of the molecule is BrC1C2CC3CC(c4ccccc4)(C2)CC1N3. The Hall–Kier alpha value is -0.340. The molecule has 1 aromatic carbocycles. The van der Waals surface area contributed by atoms with Crippen LogP contribution in [0.25, 0.3) is 0 Å². The van der Waals surface area contributed by atoms with Gasteiger partial charge >= 0.3 is 0 Å². The maximum Gasteiger partial charge on any atom is 0.0328 e. The topological polar surface area (TPSA) is 12.0 Å². The second-order valence-electron chi connectivity index (χ2n) is 6.17. The number of benzene rings is 1. The summed E-state index contributed by atoms with van der Waals surface area (Å²) in [7, 11) is 0. The molecule has 17 heavy (non-hydrogen) atoms. The van der Waals surface area contributed by atoms with E-state index in [0.717, 1.165) is 12.0 Å². The molecule has 0 amide bonds. The first-order chi connectivity index (χ1) is 8.27. The summed E-state index contributed by atoms with van der Waals surface area (Å²) in [4.78, 5) is 0.705. The van der Waals surface area contributed by atoms with Crippen molar-refractivity contribution in [1.82, 2.24) is 5.32 Å². The highest BCUT2D eigenvalue weighted by Crippen LogP contribution is 2.55. The third kappa shape index (κ3) is 1.47. The predicted molar refractivity (Wildman–Crippen MR) is 73.5 cm³/mol. The van der Waals surface area contributed by atoms with Crippen molar-refractivity contribution >= 4 is 15.9 Å². The van der Waals surface area contributed by atoms with Gasteiger partial charge < -0.3 is 5.32 Å². The Morgan fingerprint density at radius 3 is 2.71 bits per heavy atom. The average molecular weight is 292 g/mol. The molecular formula is C15H18BrN. The van der Waals surface area contributed by atoms with Crippen LogP contribution in [0.5, 0.6) is 0 Å². The van der Waals surface area contributed by atoms with E-state index >= 15 is 0 Å². The van der Waals surface area contributed by atoms with Crippen molar-refractivity contribution in [3.05, 3.63) is 35.9 Å². The first-order valence-corrected chi connectivity index (χ1v) is 7.64. The molecule has 1 aromatic rings. The Labute approximate surface area is 111 Å². The van der Waals surface area contributed by atoms with Crippen LogP contribution in [0, 0.1) is 5.92 Å². The Kier molecular flexibility index (Phi) is 2.23. The monoisotopic (exact) mass is 291 g/mol. The van der Waals surface area contributed by atoms with Gasteiger partial charge in [0.2, 0.25) is 0 Å². The van der Waals surface area contributed by atoms with Crippen molar-refractivity contribution in [2.45, 2.75) is 48.0 Å². The lowest BCUT2D eigenvalue weighted by molar-refractivity contribution is 0.0412. The van der Waals surface area contributed by atoms with Crippen LogP contribution in [0.2, 0.25) is 0 Å². The quantitative estimate of drug-likeness (QED) is 0.784. The van der Waals surface area contributed by atoms with Crippen molar-refractivity contribution in [2.75, 3.05) is 0 Å². The summed E-state index contributed by atoms with van der Waals surface area (Å²) in [5, 5.41) is 3.81. The first kappa shape index (κ1) is 10.6. The van der Waals surface area contributed by atoms with Crippen molar-refractivity contribution in [1.29, 1.82) is 0 Å². The summed E-state index contributed by atoms with van der Waals surface area (Å²) >= 11 is 3.91. The van der Waals surface area contributed by atoms with Crippen molar-refractivity contribution in [3.8, 4) is 0 Å². The van der Waals surface area contributed by atoms with Gasteiger partial charge in [0, 0.05) is 16.9 Å². The summed E-state index contributed by atoms with van der Waals surface area (Å²) in [5.74, 6) is 0.883. The van der Waals surface area contributed by atoms with Crippen LogP contribution in [0.4, 0.5) is 0 Å². The molecular weight excluding hydrogens is 274 g/mol. The normalized spacial score (nSPS) is 47.4. The number of alkyl halides is 1. The zero-order valence-corrected chi connectivity index (χ0v) is 11.5. The number of nitrogens with one attached hydrogen (secondary N) is 1. The molecule has 1 nitrogen and oxygen atoms in total. The van der Waals surface area contributed by atoms with E-state index < -0.39 is 0 Å². The molecule has 2 saturated heterocycles. The molecule has 4 aliphatic rings. The molecule has 2 aliphatic carbocycles. The fourth-order valence-electron chi connectivity index (χ4n) is 4.59. The van der Waals surface area contributed by atoms with Crippen LogP contribution in [0.3, 0.4) is 0 Å². The van der Waals surface area contributed by atoms with Crippen LogP contribution < -0.4 is 5.32 Å². The molecule has 4 fully saturated rings. The minimum atomic E-state index is 0.481. The van der Waals surface area contributed by atoms with E-state index in [2.05, 4.69) is 51.6 Å². The average Bonchev–Trinajstić information content (AvgIpc) is 2.36. The van der Waals surface area contributed by atoms with Crippen LogP contribution in [-0.2, 0) is 5.41 Å². The number of halogens is 1. The van der Waals surface area contributed by atoms with E-state index in [0.29, 0.717) is 16.3 Å². The minimum Gasteiger partial charge on any atom is -0.310 e. The molecule has 2 heteroatoms. The van der Waals surface area contributed by atoms with Crippen LogP contribution in [-0.4, -0.2) is 16.9 Å². The van der Waals surface area contributed by atoms with Gasteiger partial charge in [-0.2, -0.15) is 0 Å². The molecule has 90 valence electrons. The van der Waals surface area contributed by atoms with E-state index in [1.54, 1.807) is 5.56 Å². The Balaban J connectivity index is 1.76. The Bertz CT molecular complexity index is 414. The lowest BCUT2D eigenvalue weighted by atomic mass is 9.54. The number of hydrogen-bond donors (Lipinski definition) is 1. The number of rotatable bonds is 1. The van der Waals surface area contributed by atoms with Gasteiger partial charge in [-0.05, 0) is 42.6 Å². The van der Waals surface area contributed by atoms with Crippen molar-refractivity contribution in [3.63, 3.8) is 0 Å². The highest BCUT2D eigenvalue weighted by molar-refractivity contribution is 9.09. The second-order valence-corrected chi connectivity index (χ2v) is 7.23. The largest absolute Gasteiger partial charge is 0.310 e. The maximum absolute atomic E-state index is 3.91. The van der Waals surface area contributed by atoms with Crippen molar-refractivity contribution in [2.24, 2.45) is 5.92 Å². The van der Waals surface area contributed by atoms with E-state index in [1.165, 1.54) is 25.7 Å². The molecule has 2 aliphatic heterocycles. The Morgan fingerprint density at radius 1 is 1.12 bits per heavy atom. The van der Waals surface area contributed by atoms with E-state index in [1.807, 2.05) is 0 Å². The zero-order chi connectivity index (χ0) is 11.5. The van der Waals surface area contributed by atoms with Gasteiger partial charge in [-0.25, -0.2) is 0 Å². The second kappa shape index (κ2) is 3.58. The molecule has 0 spiro atoms. The van der Waals surface area contributed by atoms with Crippen LogP contribution >= 0.6 is 15.9 Å². The summed E-state index contributed by atoms with van der Waals surface area (Å²) in [6, 6.07) is 12.7. The summed E-state index contributed by atoms with van der Waals surface area (Å²) < 4.78 is 0. The van der Waals surface area contributed by atoms with Gasteiger partial charge in [-0.1, -0.05) is 46.3 Å². The van der Waals surface area contributed by atoms with E-state index in [-0.39, 0.29) is 0 Å². The minimum absolute atomic E-state index is 0.481. The molecule has 2 heterocycles. The predicted octanol–water partition coefficient (Wildman–Crippen LogP) is 3.23.